The molecule has 1 aromatic carbocycles. The van der Waals surface area contributed by atoms with Crippen LogP contribution >= 0.6 is 0 Å². The van der Waals surface area contributed by atoms with E-state index in [0.717, 1.165) is 25.9 Å². The Morgan fingerprint density at radius 3 is 2.59 bits per heavy atom. The number of carbonyl (C=O) groups is 1. The predicted octanol–water partition coefficient (Wildman–Crippen LogP) is 2.14. The number of amides is 1. The van der Waals surface area contributed by atoms with E-state index in [1.54, 1.807) is 24.0 Å². The lowest BCUT2D eigenvalue weighted by Crippen LogP contribution is -2.28. The van der Waals surface area contributed by atoms with Crippen LogP contribution in [-0.2, 0) is 0 Å². The van der Waals surface area contributed by atoms with Crippen molar-refractivity contribution in [2.75, 3.05) is 13.1 Å². The third kappa shape index (κ3) is 2.13. The standard InChI is InChI=1S/C12H14N2O3/c1-9-10(5-4-6-11(9)14(16)17)12(15)13-7-2-3-8-13/h4-6H,2-3,7-8H2,1H3. The number of nitrogens with zero attached hydrogens (tertiary/aromatic N) is 2. The number of carbonyl (C=O) groups excluding carboxylic acids is 1. The molecule has 1 aliphatic rings. The summed E-state index contributed by atoms with van der Waals surface area (Å²) in [5.41, 5.74) is 0.908. The number of rotatable bonds is 2. The van der Waals surface area contributed by atoms with Gasteiger partial charge in [0.1, 0.15) is 0 Å². The molecule has 17 heavy (non-hydrogen) atoms. The van der Waals surface area contributed by atoms with E-state index in [4.69, 9.17) is 0 Å². The van der Waals surface area contributed by atoms with Gasteiger partial charge in [0.05, 0.1) is 4.92 Å². The summed E-state index contributed by atoms with van der Waals surface area (Å²) in [6, 6.07) is 4.65. The molecule has 1 aromatic rings. The number of nitro benzene ring substituents is 1. The highest BCUT2D eigenvalue weighted by Gasteiger charge is 2.23. The van der Waals surface area contributed by atoms with Gasteiger partial charge in [0.2, 0.25) is 0 Å². The van der Waals surface area contributed by atoms with Gasteiger partial charge in [-0.15, -0.1) is 0 Å². The van der Waals surface area contributed by atoms with Crippen LogP contribution in [0.5, 0.6) is 0 Å². The first-order valence-corrected chi connectivity index (χ1v) is 5.64. The minimum absolute atomic E-state index is 0.00930. The second kappa shape index (κ2) is 4.53. The van der Waals surface area contributed by atoms with Crippen molar-refractivity contribution in [3.63, 3.8) is 0 Å². The molecule has 0 N–H and O–H groups in total. The van der Waals surface area contributed by atoms with E-state index in [0.29, 0.717) is 11.1 Å². The third-order valence-electron chi connectivity index (χ3n) is 3.13. The molecule has 0 unspecified atom stereocenters. The van der Waals surface area contributed by atoms with E-state index in [1.165, 1.54) is 6.07 Å². The molecule has 1 saturated heterocycles. The van der Waals surface area contributed by atoms with E-state index >= 15 is 0 Å². The third-order valence-corrected chi connectivity index (χ3v) is 3.13. The zero-order chi connectivity index (χ0) is 12.4. The minimum atomic E-state index is -0.448. The van der Waals surface area contributed by atoms with Gasteiger partial charge in [-0.25, -0.2) is 0 Å². The summed E-state index contributed by atoms with van der Waals surface area (Å²) < 4.78 is 0. The fraction of sp³-hybridized carbons (Fsp3) is 0.417. The Balaban J connectivity index is 2.35. The Morgan fingerprint density at radius 2 is 2.00 bits per heavy atom. The van der Waals surface area contributed by atoms with Crippen molar-refractivity contribution in [2.45, 2.75) is 19.8 Å². The molecule has 0 radical (unpaired) electrons. The van der Waals surface area contributed by atoms with E-state index in [2.05, 4.69) is 0 Å². The molecule has 0 atom stereocenters. The van der Waals surface area contributed by atoms with Crippen molar-refractivity contribution in [1.82, 2.24) is 4.90 Å². The van der Waals surface area contributed by atoms with Crippen LogP contribution in [0.1, 0.15) is 28.8 Å². The van der Waals surface area contributed by atoms with Gasteiger partial charge in [-0.1, -0.05) is 6.07 Å². The Morgan fingerprint density at radius 1 is 1.35 bits per heavy atom. The van der Waals surface area contributed by atoms with Crippen LogP contribution in [0.25, 0.3) is 0 Å². The molecule has 5 nitrogen and oxygen atoms in total. The van der Waals surface area contributed by atoms with Crippen LogP contribution in [0.4, 0.5) is 5.69 Å². The van der Waals surface area contributed by atoms with Crippen molar-refractivity contribution in [2.24, 2.45) is 0 Å². The normalized spacial score (nSPS) is 15.0. The molecule has 1 aliphatic heterocycles. The highest BCUT2D eigenvalue weighted by atomic mass is 16.6. The number of hydrogen-bond acceptors (Lipinski definition) is 3. The summed E-state index contributed by atoms with van der Waals surface area (Å²) in [5.74, 6) is -0.0938. The average molecular weight is 234 g/mol. The quantitative estimate of drug-likeness (QED) is 0.581. The molecule has 5 heteroatoms. The molecule has 0 aliphatic carbocycles. The maximum absolute atomic E-state index is 12.1. The molecule has 0 spiro atoms. The Hall–Kier alpha value is -1.91. The summed E-state index contributed by atoms with van der Waals surface area (Å²) >= 11 is 0. The van der Waals surface area contributed by atoms with Gasteiger partial charge in [0.15, 0.2) is 0 Å². The number of nitro groups is 1. The molecule has 1 amide bonds. The molecule has 90 valence electrons. The number of likely N-dealkylation sites (tertiary alicyclic amines) is 1. The minimum Gasteiger partial charge on any atom is -0.339 e. The van der Waals surface area contributed by atoms with Crippen LogP contribution in [0, 0.1) is 17.0 Å². The van der Waals surface area contributed by atoms with Crippen LogP contribution in [-0.4, -0.2) is 28.8 Å². The fourth-order valence-corrected chi connectivity index (χ4v) is 2.14. The Labute approximate surface area is 99.2 Å². The number of hydrogen-bond donors (Lipinski definition) is 0. The van der Waals surface area contributed by atoms with Crippen LogP contribution in [0.15, 0.2) is 18.2 Å². The molecule has 1 heterocycles. The Kier molecular flexibility index (Phi) is 3.08. The van der Waals surface area contributed by atoms with E-state index in [9.17, 15) is 14.9 Å². The second-order valence-corrected chi connectivity index (χ2v) is 4.21. The van der Waals surface area contributed by atoms with Crippen LogP contribution in [0.2, 0.25) is 0 Å². The molecule has 0 saturated carbocycles. The second-order valence-electron chi connectivity index (χ2n) is 4.21. The SMILES string of the molecule is Cc1c(C(=O)N2CCCC2)cccc1[N+](=O)[O-]. The molecular formula is C12H14N2O3. The molecule has 1 fully saturated rings. The van der Waals surface area contributed by atoms with Crippen molar-refractivity contribution < 1.29 is 9.72 Å². The lowest BCUT2D eigenvalue weighted by molar-refractivity contribution is -0.385. The summed E-state index contributed by atoms with van der Waals surface area (Å²) in [6.45, 7) is 3.13. The molecular weight excluding hydrogens is 220 g/mol. The monoisotopic (exact) mass is 234 g/mol. The van der Waals surface area contributed by atoms with Gasteiger partial charge in [0, 0.05) is 30.3 Å². The predicted molar refractivity (Wildman–Crippen MR) is 63.0 cm³/mol. The summed E-state index contributed by atoms with van der Waals surface area (Å²) in [4.78, 5) is 24.3. The van der Waals surface area contributed by atoms with Crippen molar-refractivity contribution in [3.8, 4) is 0 Å². The smallest absolute Gasteiger partial charge is 0.273 e. The van der Waals surface area contributed by atoms with Gasteiger partial charge in [-0.05, 0) is 25.8 Å². The fourth-order valence-electron chi connectivity index (χ4n) is 2.14. The zero-order valence-corrected chi connectivity index (χ0v) is 9.68. The molecule has 2 rings (SSSR count). The Bertz CT molecular complexity index is 465. The zero-order valence-electron chi connectivity index (χ0n) is 9.68. The first-order chi connectivity index (χ1) is 8.11. The van der Waals surface area contributed by atoms with Crippen molar-refractivity contribution >= 4 is 11.6 Å². The maximum Gasteiger partial charge on any atom is 0.273 e. The molecule has 0 bridgehead atoms. The van der Waals surface area contributed by atoms with Gasteiger partial charge >= 0.3 is 0 Å². The van der Waals surface area contributed by atoms with Gasteiger partial charge in [-0.2, -0.15) is 0 Å². The highest BCUT2D eigenvalue weighted by Crippen LogP contribution is 2.23. The molecule has 0 aromatic heterocycles. The summed E-state index contributed by atoms with van der Waals surface area (Å²) in [5, 5.41) is 10.8. The van der Waals surface area contributed by atoms with Crippen LogP contribution in [0.3, 0.4) is 0 Å². The summed E-state index contributed by atoms with van der Waals surface area (Å²) in [7, 11) is 0. The topological polar surface area (TPSA) is 63.5 Å². The van der Waals surface area contributed by atoms with Gasteiger partial charge in [0.25, 0.3) is 11.6 Å². The average Bonchev–Trinajstić information content (AvgIpc) is 2.81. The maximum atomic E-state index is 12.1. The van der Waals surface area contributed by atoms with E-state index < -0.39 is 4.92 Å². The first-order valence-electron chi connectivity index (χ1n) is 5.64. The first kappa shape index (κ1) is 11.6. The van der Waals surface area contributed by atoms with Crippen molar-refractivity contribution in [3.05, 3.63) is 39.4 Å². The van der Waals surface area contributed by atoms with Gasteiger partial charge in [-0.3, -0.25) is 14.9 Å². The van der Waals surface area contributed by atoms with Crippen LogP contribution < -0.4 is 0 Å². The van der Waals surface area contributed by atoms with E-state index in [1.807, 2.05) is 0 Å². The number of benzene rings is 1. The lowest BCUT2D eigenvalue weighted by atomic mass is 10.1. The summed E-state index contributed by atoms with van der Waals surface area (Å²) in [6.07, 6.45) is 2.03. The van der Waals surface area contributed by atoms with E-state index in [-0.39, 0.29) is 11.6 Å². The lowest BCUT2D eigenvalue weighted by Gasteiger charge is -2.16. The largest absolute Gasteiger partial charge is 0.339 e. The highest BCUT2D eigenvalue weighted by molar-refractivity contribution is 5.96. The van der Waals surface area contributed by atoms with Gasteiger partial charge < -0.3 is 4.90 Å². The van der Waals surface area contributed by atoms with Crippen molar-refractivity contribution in [1.29, 1.82) is 0 Å².